The van der Waals surface area contributed by atoms with Crippen molar-refractivity contribution in [3.63, 3.8) is 0 Å². The molecule has 0 aliphatic heterocycles. The number of carbonyl (C=O) groups is 1. The van der Waals surface area contributed by atoms with Gasteiger partial charge < -0.3 is 9.84 Å². The Bertz CT molecular complexity index is 311. The monoisotopic (exact) mass is 228 g/mol. The largest absolute Gasteiger partial charge is 0.458 e. The van der Waals surface area contributed by atoms with Crippen molar-refractivity contribution in [2.24, 2.45) is 0 Å². The van der Waals surface area contributed by atoms with Crippen molar-refractivity contribution in [1.82, 2.24) is 0 Å². The zero-order valence-corrected chi connectivity index (χ0v) is 10.0. The molecule has 0 saturated carbocycles. The topological polar surface area (TPSA) is 46.5 Å². The van der Waals surface area contributed by atoms with E-state index in [-0.39, 0.29) is 0 Å². The fourth-order valence-electron chi connectivity index (χ4n) is 1.07. The average Bonchev–Trinajstić information content (AvgIpc) is 2.53. The second-order valence-corrected chi connectivity index (χ2v) is 5.37. The highest BCUT2D eigenvalue weighted by molar-refractivity contribution is 7.09. The molecule has 0 spiro atoms. The highest BCUT2D eigenvalue weighted by Crippen LogP contribution is 2.14. The number of esters is 1. The molecule has 0 bridgehead atoms. The van der Waals surface area contributed by atoms with Crippen molar-refractivity contribution in [3.05, 3.63) is 22.4 Å². The number of aliphatic hydroxyl groups is 1. The van der Waals surface area contributed by atoms with Crippen LogP contribution in [0.15, 0.2) is 17.5 Å². The Labute approximate surface area is 93.7 Å². The minimum Gasteiger partial charge on any atom is -0.458 e. The zero-order chi connectivity index (χ0) is 11.5. The van der Waals surface area contributed by atoms with Gasteiger partial charge in [0.1, 0.15) is 5.60 Å². The Kier molecular flexibility index (Phi) is 3.88. The van der Waals surface area contributed by atoms with E-state index in [1.807, 2.05) is 17.5 Å². The maximum Gasteiger partial charge on any atom is 0.335 e. The molecule has 0 saturated heterocycles. The van der Waals surface area contributed by atoms with Crippen molar-refractivity contribution in [2.45, 2.75) is 38.9 Å². The Morgan fingerprint density at radius 3 is 2.73 bits per heavy atom. The third-order valence-electron chi connectivity index (χ3n) is 1.65. The van der Waals surface area contributed by atoms with Gasteiger partial charge in [0.2, 0.25) is 0 Å². The summed E-state index contributed by atoms with van der Waals surface area (Å²) in [6, 6.07) is 3.78. The van der Waals surface area contributed by atoms with Gasteiger partial charge in [0.25, 0.3) is 0 Å². The third-order valence-corrected chi connectivity index (χ3v) is 2.55. The van der Waals surface area contributed by atoms with Gasteiger partial charge in [-0.05, 0) is 32.2 Å². The first-order valence-electron chi connectivity index (χ1n) is 4.82. The first-order valence-corrected chi connectivity index (χ1v) is 5.70. The number of hydrogen-bond acceptors (Lipinski definition) is 4. The highest BCUT2D eigenvalue weighted by Gasteiger charge is 2.23. The summed E-state index contributed by atoms with van der Waals surface area (Å²) in [6.07, 6.45) is -0.741. The van der Waals surface area contributed by atoms with Crippen LogP contribution >= 0.6 is 11.3 Å². The molecule has 1 unspecified atom stereocenters. The number of ether oxygens (including phenoxy) is 1. The van der Waals surface area contributed by atoms with Crippen molar-refractivity contribution in [1.29, 1.82) is 0 Å². The summed E-state index contributed by atoms with van der Waals surface area (Å²) in [5.74, 6) is -0.559. The van der Waals surface area contributed by atoms with Gasteiger partial charge >= 0.3 is 5.97 Å². The average molecular weight is 228 g/mol. The lowest BCUT2D eigenvalue weighted by Gasteiger charge is -2.21. The minimum absolute atomic E-state index is 0.326. The van der Waals surface area contributed by atoms with E-state index in [9.17, 15) is 9.90 Å². The molecule has 1 heterocycles. The molecule has 0 aliphatic carbocycles. The van der Waals surface area contributed by atoms with E-state index in [1.165, 1.54) is 11.3 Å². The molecule has 0 amide bonds. The molecular formula is C11H16O3S. The Morgan fingerprint density at radius 2 is 2.27 bits per heavy atom. The van der Waals surface area contributed by atoms with Crippen LogP contribution < -0.4 is 0 Å². The number of thiophene rings is 1. The molecule has 0 radical (unpaired) electrons. The second kappa shape index (κ2) is 4.77. The lowest BCUT2D eigenvalue weighted by Crippen LogP contribution is -2.32. The maximum atomic E-state index is 11.4. The number of hydrogen-bond donors (Lipinski definition) is 1. The SMILES string of the molecule is CC(C)(C)OC(=O)C(O)Cc1cccs1. The van der Waals surface area contributed by atoms with Crippen LogP contribution in [0.2, 0.25) is 0 Å². The maximum absolute atomic E-state index is 11.4. The van der Waals surface area contributed by atoms with Crippen molar-refractivity contribution >= 4 is 17.3 Å². The summed E-state index contributed by atoms with van der Waals surface area (Å²) < 4.78 is 5.06. The Hall–Kier alpha value is -0.870. The Balaban J connectivity index is 2.47. The van der Waals surface area contributed by atoms with E-state index in [0.29, 0.717) is 6.42 Å². The molecule has 84 valence electrons. The van der Waals surface area contributed by atoms with Gasteiger partial charge in [-0.1, -0.05) is 6.07 Å². The molecule has 1 N–H and O–H groups in total. The number of aliphatic hydroxyl groups excluding tert-OH is 1. The van der Waals surface area contributed by atoms with Crippen molar-refractivity contribution in [2.75, 3.05) is 0 Å². The quantitative estimate of drug-likeness (QED) is 0.805. The van der Waals surface area contributed by atoms with Gasteiger partial charge in [-0.15, -0.1) is 11.3 Å². The molecule has 0 fully saturated rings. The fourth-order valence-corrected chi connectivity index (χ4v) is 1.82. The van der Waals surface area contributed by atoms with Gasteiger partial charge in [-0.2, -0.15) is 0 Å². The normalized spacial score (nSPS) is 13.6. The van der Waals surface area contributed by atoms with E-state index in [4.69, 9.17) is 4.74 Å². The van der Waals surface area contributed by atoms with Crippen LogP contribution in [0.1, 0.15) is 25.6 Å². The molecule has 1 aromatic heterocycles. The summed E-state index contributed by atoms with van der Waals surface area (Å²) in [5.41, 5.74) is -0.548. The molecule has 0 aliphatic rings. The Morgan fingerprint density at radius 1 is 1.60 bits per heavy atom. The molecule has 15 heavy (non-hydrogen) atoms. The van der Waals surface area contributed by atoms with Crippen molar-refractivity contribution < 1.29 is 14.6 Å². The van der Waals surface area contributed by atoms with Gasteiger partial charge in [0.15, 0.2) is 6.10 Å². The zero-order valence-electron chi connectivity index (χ0n) is 9.19. The smallest absolute Gasteiger partial charge is 0.335 e. The fraction of sp³-hybridized carbons (Fsp3) is 0.545. The van der Waals surface area contributed by atoms with Crippen LogP contribution in [0.5, 0.6) is 0 Å². The predicted molar refractivity (Wildman–Crippen MR) is 59.9 cm³/mol. The highest BCUT2D eigenvalue weighted by atomic mass is 32.1. The summed E-state index contributed by atoms with van der Waals surface area (Å²) >= 11 is 1.52. The van der Waals surface area contributed by atoms with Gasteiger partial charge in [0, 0.05) is 11.3 Å². The van der Waals surface area contributed by atoms with Crippen LogP contribution in [0.25, 0.3) is 0 Å². The lowest BCUT2D eigenvalue weighted by molar-refractivity contribution is -0.164. The second-order valence-electron chi connectivity index (χ2n) is 4.33. The predicted octanol–water partition coefficient (Wildman–Crippen LogP) is 1.99. The van der Waals surface area contributed by atoms with Crippen LogP contribution in [-0.2, 0) is 16.0 Å². The number of carbonyl (C=O) groups excluding carboxylic acids is 1. The van der Waals surface area contributed by atoms with Crippen LogP contribution in [0.3, 0.4) is 0 Å². The summed E-state index contributed by atoms with van der Waals surface area (Å²) in [7, 11) is 0. The van der Waals surface area contributed by atoms with E-state index in [1.54, 1.807) is 20.8 Å². The van der Waals surface area contributed by atoms with Crippen LogP contribution in [0.4, 0.5) is 0 Å². The first kappa shape index (κ1) is 12.2. The van der Waals surface area contributed by atoms with E-state index in [2.05, 4.69) is 0 Å². The molecular weight excluding hydrogens is 212 g/mol. The summed E-state index contributed by atoms with van der Waals surface area (Å²) in [5, 5.41) is 11.5. The molecule has 4 heteroatoms. The molecule has 1 atom stereocenters. The van der Waals surface area contributed by atoms with E-state index >= 15 is 0 Å². The van der Waals surface area contributed by atoms with Crippen LogP contribution in [0, 0.1) is 0 Å². The number of rotatable bonds is 3. The summed E-state index contributed by atoms with van der Waals surface area (Å²) in [6.45, 7) is 5.34. The van der Waals surface area contributed by atoms with Gasteiger partial charge in [-0.3, -0.25) is 0 Å². The molecule has 3 nitrogen and oxygen atoms in total. The first-order chi connectivity index (χ1) is 6.88. The minimum atomic E-state index is -1.07. The van der Waals surface area contributed by atoms with Gasteiger partial charge in [0.05, 0.1) is 0 Å². The molecule has 1 aromatic rings. The standard InChI is InChI=1S/C11H16O3S/c1-11(2,3)14-10(13)9(12)7-8-5-4-6-15-8/h4-6,9,12H,7H2,1-3H3. The van der Waals surface area contributed by atoms with E-state index in [0.717, 1.165) is 4.88 Å². The third kappa shape index (κ3) is 4.44. The lowest BCUT2D eigenvalue weighted by atomic mass is 10.2. The van der Waals surface area contributed by atoms with Crippen molar-refractivity contribution in [3.8, 4) is 0 Å². The molecule has 1 rings (SSSR count). The van der Waals surface area contributed by atoms with Crippen LogP contribution in [-0.4, -0.2) is 22.8 Å². The van der Waals surface area contributed by atoms with Gasteiger partial charge in [-0.25, -0.2) is 4.79 Å². The summed E-state index contributed by atoms with van der Waals surface area (Å²) in [4.78, 5) is 12.4. The molecule has 0 aromatic carbocycles. The van der Waals surface area contributed by atoms with E-state index < -0.39 is 17.7 Å².